The molecule has 0 amide bonds. The van der Waals surface area contributed by atoms with Crippen LogP contribution in [-0.2, 0) is 16.6 Å². The molecule has 1 aliphatic heterocycles. The first-order valence-electron chi connectivity index (χ1n) is 9.94. The van der Waals surface area contributed by atoms with Crippen LogP contribution in [0.25, 0.3) is 5.69 Å². The highest BCUT2D eigenvalue weighted by Gasteiger charge is 2.17. The predicted octanol–water partition coefficient (Wildman–Crippen LogP) is 3.91. The van der Waals surface area contributed by atoms with E-state index in [1.54, 1.807) is 35.1 Å². The number of sulfonamides is 1. The highest BCUT2D eigenvalue weighted by molar-refractivity contribution is 7.92. The molecule has 0 atom stereocenters. The standard InChI is InChI=1S/C22H26N4O2S/c1-18-11-15-25(16-12-18)17-19-3-5-20(6-4-19)24-29(27,28)22-9-7-21(8-10-22)26-14-2-13-23-26/h2-10,13-14,18,24H,11-12,15-17H2,1H3. The number of anilines is 1. The quantitative estimate of drug-likeness (QED) is 0.669. The van der Waals surface area contributed by atoms with Crippen LogP contribution in [-0.4, -0.2) is 36.2 Å². The van der Waals surface area contributed by atoms with Gasteiger partial charge in [0.1, 0.15) is 0 Å². The first-order valence-corrected chi connectivity index (χ1v) is 11.4. The van der Waals surface area contributed by atoms with Crippen LogP contribution in [0.2, 0.25) is 0 Å². The van der Waals surface area contributed by atoms with Crippen molar-refractivity contribution in [2.24, 2.45) is 5.92 Å². The molecule has 0 aliphatic carbocycles. The predicted molar refractivity (Wildman–Crippen MR) is 114 cm³/mol. The fourth-order valence-corrected chi connectivity index (χ4v) is 4.63. The summed E-state index contributed by atoms with van der Waals surface area (Å²) in [6, 6.07) is 16.1. The summed E-state index contributed by atoms with van der Waals surface area (Å²) in [4.78, 5) is 2.68. The van der Waals surface area contributed by atoms with Crippen LogP contribution in [0, 0.1) is 5.92 Å². The number of rotatable bonds is 6. The van der Waals surface area contributed by atoms with Crippen LogP contribution in [0.3, 0.4) is 0 Å². The van der Waals surface area contributed by atoms with Gasteiger partial charge in [0.25, 0.3) is 10.0 Å². The number of piperidine rings is 1. The van der Waals surface area contributed by atoms with E-state index < -0.39 is 10.0 Å². The molecule has 2 heterocycles. The molecule has 1 aliphatic rings. The minimum absolute atomic E-state index is 0.222. The zero-order valence-electron chi connectivity index (χ0n) is 16.5. The van der Waals surface area contributed by atoms with Crippen molar-refractivity contribution in [2.45, 2.75) is 31.2 Å². The molecule has 0 spiro atoms. The highest BCUT2D eigenvalue weighted by atomic mass is 32.2. The third-order valence-electron chi connectivity index (χ3n) is 5.40. The van der Waals surface area contributed by atoms with Gasteiger partial charge in [-0.3, -0.25) is 9.62 Å². The van der Waals surface area contributed by atoms with Crippen LogP contribution < -0.4 is 4.72 Å². The van der Waals surface area contributed by atoms with E-state index in [2.05, 4.69) is 21.6 Å². The maximum atomic E-state index is 12.7. The molecule has 1 saturated heterocycles. The van der Waals surface area contributed by atoms with Gasteiger partial charge in [-0.1, -0.05) is 19.1 Å². The summed E-state index contributed by atoms with van der Waals surface area (Å²) in [7, 11) is -3.64. The van der Waals surface area contributed by atoms with E-state index in [1.807, 2.05) is 36.5 Å². The summed E-state index contributed by atoms with van der Waals surface area (Å²) in [6.45, 7) is 5.48. The Morgan fingerprint density at radius 3 is 2.34 bits per heavy atom. The number of aromatic nitrogens is 2. The van der Waals surface area contributed by atoms with Gasteiger partial charge >= 0.3 is 0 Å². The summed E-state index contributed by atoms with van der Waals surface area (Å²) in [5.74, 6) is 0.816. The topological polar surface area (TPSA) is 67.2 Å². The van der Waals surface area contributed by atoms with Gasteiger partial charge in [-0.2, -0.15) is 5.10 Å². The van der Waals surface area contributed by atoms with Crippen LogP contribution in [0.15, 0.2) is 71.9 Å². The number of likely N-dealkylation sites (tertiary alicyclic amines) is 1. The smallest absolute Gasteiger partial charge is 0.261 e. The summed E-state index contributed by atoms with van der Waals surface area (Å²) < 4.78 is 29.7. The Balaban J connectivity index is 1.40. The second kappa shape index (κ2) is 8.39. The Kier molecular flexibility index (Phi) is 5.69. The molecule has 0 unspecified atom stereocenters. The van der Waals surface area contributed by atoms with Crippen LogP contribution in [0.5, 0.6) is 0 Å². The third-order valence-corrected chi connectivity index (χ3v) is 6.80. The van der Waals surface area contributed by atoms with Crippen molar-refractivity contribution in [3.05, 3.63) is 72.6 Å². The number of hydrogen-bond acceptors (Lipinski definition) is 4. The highest BCUT2D eigenvalue weighted by Crippen LogP contribution is 2.21. The Morgan fingerprint density at radius 1 is 1.03 bits per heavy atom. The Bertz CT molecular complexity index is 1020. The molecule has 2 aromatic carbocycles. The van der Waals surface area contributed by atoms with Crippen LogP contribution in [0.4, 0.5) is 5.69 Å². The Hall–Kier alpha value is -2.64. The SMILES string of the molecule is CC1CCN(Cc2ccc(NS(=O)(=O)c3ccc(-n4cccn4)cc3)cc2)CC1. The average Bonchev–Trinajstić information content (AvgIpc) is 3.26. The van der Waals surface area contributed by atoms with Gasteiger partial charge < -0.3 is 0 Å². The fraction of sp³-hybridized carbons (Fsp3) is 0.318. The molecule has 0 bridgehead atoms. The second-order valence-electron chi connectivity index (χ2n) is 7.71. The minimum Gasteiger partial charge on any atom is -0.299 e. The fourth-order valence-electron chi connectivity index (χ4n) is 3.57. The van der Waals surface area contributed by atoms with Crippen molar-refractivity contribution < 1.29 is 8.42 Å². The van der Waals surface area contributed by atoms with Crippen molar-refractivity contribution >= 4 is 15.7 Å². The molecule has 1 aromatic heterocycles. The van der Waals surface area contributed by atoms with E-state index in [0.29, 0.717) is 5.69 Å². The van der Waals surface area contributed by atoms with Crippen LogP contribution in [0.1, 0.15) is 25.3 Å². The van der Waals surface area contributed by atoms with E-state index in [1.165, 1.54) is 18.4 Å². The molecule has 29 heavy (non-hydrogen) atoms. The van der Waals surface area contributed by atoms with Crippen molar-refractivity contribution in [1.29, 1.82) is 0 Å². The van der Waals surface area contributed by atoms with Gasteiger partial charge in [0.2, 0.25) is 0 Å². The summed E-state index contributed by atoms with van der Waals surface area (Å²) in [6.07, 6.45) is 5.99. The van der Waals surface area contributed by atoms with Gasteiger partial charge in [0, 0.05) is 24.6 Å². The zero-order valence-corrected chi connectivity index (χ0v) is 17.3. The average molecular weight is 411 g/mol. The number of hydrogen-bond donors (Lipinski definition) is 1. The maximum absolute atomic E-state index is 12.7. The van der Waals surface area contributed by atoms with E-state index in [0.717, 1.165) is 31.2 Å². The third kappa shape index (κ3) is 4.86. The molecule has 6 nitrogen and oxygen atoms in total. The summed E-state index contributed by atoms with van der Waals surface area (Å²) in [5.41, 5.74) is 2.58. The van der Waals surface area contributed by atoms with E-state index >= 15 is 0 Å². The molecule has 1 N–H and O–H groups in total. The lowest BCUT2D eigenvalue weighted by atomic mass is 9.99. The van der Waals surface area contributed by atoms with Gasteiger partial charge in [0.05, 0.1) is 10.6 Å². The van der Waals surface area contributed by atoms with Gasteiger partial charge in [-0.05, 0) is 79.9 Å². The number of benzene rings is 2. The van der Waals surface area contributed by atoms with Gasteiger partial charge in [-0.15, -0.1) is 0 Å². The molecule has 7 heteroatoms. The molecule has 3 aromatic rings. The molecule has 4 rings (SSSR count). The lowest BCUT2D eigenvalue weighted by Gasteiger charge is -2.30. The Labute approximate surface area is 172 Å². The molecule has 1 fully saturated rings. The normalized spacial score (nSPS) is 16.0. The van der Waals surface area contributed by atoms with Crippen LogP contribution >= 0.6 is 0 Å². The molecular formula is C22H26N4O2S. The number of nitrogens with zero attached hydrogens (tertiary/aromatic N) is 3. The van der Waals surface area contributed by atoms with Gasteiger partial charge in [0.15, 0.2) is 0 Å². The number of nitrogens with one attached hydrogen (secondary N) is 1. The van der Waals surface area contributed by atoms with Crippen molar-refractivity contribution in [3.63, 3.8) is 0 Å². The van der Waals surface area contributed by atoms with Gasteiger partial charge in [-0.25, -0.2) is 13.1 Å². The summed E-state index contributed by atoms with van der Waals surface area (Å²) in [5, 5.41) is 4.15. The van der Waals surface area contributed by atoms with Crippen molar-refractivity contribution in [2.75, 3.05) is 17.8 Å². The minimum atomic E-state index is -3.64. The maximum Gasteiger partial charge on any atom is 0.261 e. The molecule has 0 radical (unpaired) electrons. The molecule has 152 valence electrons. The monoisotopic (exact) mass is 410 g/mol. The van der Waals surface area contributed by atoms with Crippen molar-refractivity contribution in [3.8, 4) is 5.69 Å². The lowest BCUT2D eigenvalue weighted by Crippen LogP contribution is -2.32. The second-order valence-corrected chi connectivity index (χ2v) is 9.39. The molecule has 0 saturated carbocycles. The van der Waals surface area contributed by atoms with Crippen molar-refractivity contribution in [1.82, 2.24) is 14.7 Å². The largest absolute Gasteiger partial charge is 0.299 e. The Morgan fingerprint density at radius 2 is 1.72 bits per heavy atom. The summed E-state index contributed by atoms with van der Waals surface area (Å²) >= 11 is 0. The van der Waals surface area contributed by atoms with E-state index in [9.17, 15) is 8.42 Å². The molecular weight excluding hydrogens is 384 g/mol. The van der Waals surface area contributed by atoms with E-state index in [-0.39, 0.29) is 4.90 Å². The lowest BCUT2D eigenvalue weighted by molar-refractivity contribution is 0.185. The first kappa shape index (κ1) is 19.7. The first-order chi connectivity index (χ1) is 14.0. The van der Waals surface area contributed by atoms with E-state index in [4.69, 9.17) is 0 Å². The zero-order chi connectivity index (χ0) is 20.3.